The molecule has 0 atom stereocenters. The number of hydrogen-bond acceptors (Lipinski definition) is 4. The van der Waals surface area contributed by atoms with E-state index in [0.29, 0.717) is 38.0 Å². The SMILES string of the molecule is COc1ccccc1N1CCN(C(=O)CCCNC(=O)c2ccccc2)CC1. The van der Waals surface area contributed by atoms with E-state index in [1.165, 1.54) is 0 Å². The van der Waals surface area contributed by atoms with E-state index in [2.05, 4.69) is 10.2 Å². The number of nitrogens with one attached hydrogen (secondary N) is 1. The van der Waals surface area contributed by atoms with Crippen LogP contribution in [0.4, 0.5) is 5.69 Å². The third-order valence-electron chi connectivity index (χ3n) is 4.95. The summed E-state index contributed by atoms with van der Waals surface area (Å²) >= 11 is 0. The zero-order valence-electron chi connectivity index (χ0n) is 16.3. The molecule has 1 aliphatic rings. The highest BCUT2D eigenvalue weighted by molar-refractivity contribution is 5.94. The fraction of sp³-hybridized carbons (Fsp3) is 0.364. The first-order valence-corrected chi connectivity index (χ1v) is 9.68. The fourth-order valence-electron chi connectivity index (χ4n) is 3.38. The monoisotopic (exact) mass is 381 g/mol. The Morgan fingerprint density at radius 3 is 2.36 bits per heavy atom. The quantitative estimate of drug-likeness (QED) is 0.749. The van der Waals surface area contributed by atoms with Crippen LogP contribution < -0.4 is 15.0 Å². The lowest BCUT2D eigenvalue weighted by Crippen LogP contribution is -2.49. The zero-order chi connectivity index (χ0) is 19.8. The molecule has 3 rings (SSSR count). The molecule has 0 bridgehead atoms. The van der Waals surface area contributed by atoms with Crippen LogP contribution in [0.2, 0.25) is 0 Å². The van der Waals surface area contributed by atoms with Crippen LogP contribution in [0.15, 0.2) is 54.6 Å². The molecule has 0 radical (unpaired) electrons. The molecule has 2 amide bonds. The van der Waals surface area contributed by atoms with Crippen molar-refractivity contribution in [1.82, 2.24) is 10.2 Å². The molecule has 6 heteroatoms. The first kappa shape index (κ1) is 19.7. The highest BCUT2D eigenvalue weighted by Crippen LogP contribution is 2.28. The van der Waals surface area contributed by atoms with Gasteiger partial charge in [-0.05, 0) is 30.7 Å². The molecule has 0 spiro atoms. The normalized spacial score (nSPS) is 13.9. The van der Waals surface area contributed by atoms with Crippen LogP contribution in [-0.2, 0) is 4.79 Å². The Balaban J connectivity index is 1.39. The summed E-state index contributed by atoms with van der Waals surface area (Å²) in [7, 11) is 1.68. The van der Waals surface area contributed by atoms with E-state index in [4.69, 9.17) is 4.74 Å². The summed E-state index contributed by atoms with van der Waals surface area (Å²) in [6.45, 7) is 3.48. The van der Waals surface area contributed by atoms with Crippen LogP contribution in [-0.4, -0.2) is 56.5 Å². The Hall–Kier alpha value is -3.02. The Labute approximate surface area is 166 Å². The second kappa shape index (κ2) is 9.78. The van der Waals surface area contributed by atoms with Gasteiger partial charge in [0.25, 0.3) is 5.91 Å². The average Bonchev–Trinajstić information content (AvgIpc) is 2.77. The van der Waals surface area contributed by atoms with Crippen LogP contribution in [0.5, 0.6) is 5.75 Å². The molecule has 0 aliphatic carbocycles. The van der Waals surface area contributed by atoms with Gasteiger partial charge in [0.2, 0.25) is 5.91 Å². The summed E-state index contributed by atoms with van der Waals surface area (Å²) in [4.78, 5) is 28.6. The van der Waals surface area contributed by atoms with Gasteiger partial charge in [-0.3, -0.25) is 9.59 Å². The van der Waals surface area contributed by atoms with Crippen molar-refractivity contribution in [3.05, 3.63) is 60.2 Å². The Morgan fingerprint density at radius 1 is 0.964 bits per heavy atom. The van der Waals surface area contributed by atoms with Gasteiger partial charge in [-0.15, -0.1) is 0 Å². The maximum atomic E-state index is 12.4. The number of para-hydroxylation sites is 2. The number of amides is 2. The van der Waals surface area contributed by atoms with Crippen LogP contribution in [0, 0.1) is 0 Å². The maximum absolute atomic E-state index is 12.4. The second-order valence-corrected chi connectivity index (χ2v) is 6.77. The van der Waals surface area contributed by atoms with Crippen molar-refractivity contribution in [2.45, 2.75) is 12.8 Å². The summed E-state index contributed by atoms with van der Waals surface area (Å²) in [5.74, 6) is 0.906. The predicted molar refractivity (Wildman–Crippen MR) is 110 cm³/mol. The number of nitrogens with zero attached hydrogens (tertiary/aromatic N) is 2. The molecular weight excluding hydrogens is 354 g/mol. The number of rotatable bonds is 7. The third kappa shape index (κ3) is 5.03. The highest BCUT2D eigenvalue weighted by atomic mass is 16.5. The number of benzene rings is 2. The van der Waals surface area contributed by atoms with Crippen LogP contribution in [0.25, 0.3) is 0 Å². The number of anilines is 1. The van der Waals surface area contributed by atoms with E-state index in [-0.39, 0.29) is 11.8 Å². The first-order valence-electron chi connectivity index (χ1n) is 9.68. The van der Waals surface area contributed by atoms with Crippen molar-refractivity contribution in [2.75, 3.05) is 44.7 Å². The van der Waals surface area contributed by atoms with E-state index in [1.54, 1.807) is 19.2 Å². The van der Waals surface area contributed by atoms with Crippen molar-refractivity contribution in [2.24, 2.45) is 0 Å². The van der Waals surface area contributed by atoms with Crippen LogP contribution >= 0.6 is 0 Å². The van der Waals surface area contributed by atoms with Gasteiger partial charge in [-0.1, -0.05) is 30.3 Å². The van der Waals surface area contributed by atoms with Crippen molar-refractivity contribution >= 4 is 17.5 Å². The van der Waals surface area contributed by atoms with Crippen molar-refractivity contribution in [3.63, 3.8) is 0 Å². The van der Waals surface area contributed by atoms with Crippen molar-refractivity contribution in [3.8, 4) is 5.75 Å². The molecule has 2 aromatic carbocycles. The van der Waals surface area contributed by atoms with Gasteiger partial charge >= 0.3 is 0 Å². The topological polar surface area (TPSA) is 61.9 Å². The van der Waals surface area contributed by atoms with E-state index >= 15 is 0 Å². The lowest BCUT2D eigenvalue weighted by atomic mass is 10.2. The lowest BCUT2D eigenvalue weighted by molar-refractivity contribution is -0.131. The number of carbonyl (C=O) groups excluding carboxylic acids is 2. The van der Waals surface area contributed by atoms with Gasteiger partial charge in [0, 0.05) is 44.7 Å². The first-order chi connectivity index (χ1) is 13.7. The number of carbonyl (C=O) groups is 2. The van der Waals surface area contributed by atoms with Crippen molar-refractivity contribution in [1.29, 1.82) is 0 Å². The van der Waals surface area contributed by atoms with Gasteiger partial charge in [0.05, 0.1) is 12.8 Å². The average molecular weight is 381 g/mol. The van der Waals surface area contributed by atoms with Crippen LogP contribution in [0.1, 0.15) is 23.2 Å². The minimum Gasteiger partial charge on any atom is -0.495 e. The molecule has 0 saturated carbocycles. The molecular formula is C22H27N3O3. The third-order valence-corrected chi connectivity index (χ3v) is 4.95. The minimum atomic E-state index is -0.0986. The number of ether oxygens (including phenoxy) is 1. The summed E-state index contributed by atoms with van der Waals surface area (Å²) in [5, 5.41) is 2.87. The minimum absolute atomic E-state index is 0.0986. The summed E-state index contributed by atoms with van der Waals surface area (Å²) in [5.41, 5.74) is 1.71. The van der Waals surface area contributed by atoms with E-state index in [1.807, 2.05) is 47.4 Å². The predicted octanol–water partition coefficient (Wildman–Crippen LogP) is 2.55. The van der Waals surface area contributed by atoms with Gasteiger partial charge in [-0.2, -0.15) is 0 Å². The van der Waals surface area contributed by atoms with Gasteiger partial charge < -0.3 is 19.9 Å². The summed E-state index contributed by atoms with van der Waals surface area (Å²) < 4.78 is 5.43. The van der Waals surface area contributed by atoms with Gasteiger partial charge in [0.1, 0.15) is 5.75 Å². The largest absolute Gasteiger partial charge is 0.495 e. The molecule has 1 heterocycles. The van der Waals surface area contributed by atoms with Crippen LogP contribution in [0.3, 0.4) is 0 Å². The maximum Gasteiger partial charge on any atom is 0.251 e. The molecule has 1 saturated heterocycles. The van der Waals surface area contributed by atoms with Gasteiger partial charge in [0.15, 0.2) is 0 Å². The van der Waals surface area contributed by atoms with E-state index in [9.17, 15) is 9.59 Å². The Morgan fingerprint density at radius 2 is 1.64 bits per heavy atom. The second-order valence-electron chi connectivity index (χ2n) is 6.77. The molecule has 2 aromatic rings. The summed E-state index contributed by atoms with van der Waals surface area (Å²) in [6, 6.07) is 17.1. The summed E-state index contributed by atoms with van der Waals surface area (Å²) in [6.07, 6.45) is 1.09. The zero-order valence-corrected chi connectivity index (χ0v) is 16.3. The molecule has 0 aromatic heterocycles. The molecule has 1 fully saturated rings. The number of methoxy groups -OCH3 is 1. The Kier molecular flexibility index (Phi) is 6.89. The molecule has 1 aliphatic heterocycles. The molecule has 28 heavy (non-hydrogen) atoms. The lowest BCUT2D eigenvalue weighted by Gasteiger charge is -2.36. The fourth-order valence-corrected chi connectivity index (χ4v) is 3.38. The number of hydrogen-bond donors (Lipinski definition) is 1. The smallest absolute Gasteiger partial charge is 0.251 e. The van der Waals surface area contributed by atoms with Crippen molar-refractivity contribution < 1.29 is 14.3 Å². The molecule has 0 unspecified atom stereocenters. The van der Waals surface area contributed by atoms with E-state index < -0.39 is 0 Å². The Bertz CT molecular complexity index is 787. The molecule has 1 N–H and O–H groups in total. The van der Waals surface area contributed by atoms with E-state index in [0.717, 1.165) is 24.5 Å². The number of piperazine rings is 1. The molecule has 148 valence electrons. The molecule has 6 nitrogen and oxygen atoms in total. The van der Waals surface area contributed by atoms with Gasteiger partial charge in [-0.25, -0.2) is 0 Å². The highest BCUT2D eigenvalue weighted by Gasteiger charge is 2.22. The standard InChI is InChI=1S/C22H27N3O3/c1-28-20-11-6-5-10-19(20)24-14-16-25(17-15-24)21(26)12-7-13-23-22(27)18-8-3-2-4-9-18/h2-6,8-11H,7,12-17H2,1H3,(H,23,27).